The number of carboxylic acids is 1. The van der Waals surface area contributed by atoms with E-state index < -0.39 is 5.97 Å². The summed E-state index contributed by atoms with van der Waals surface area (Å²) in [6.45, 7) is 1.05. The Balaban J connectivity index is 1.91. The monoisotopic (exact) mass is 358 g/mol. The predicted octanol–water partition coefficient (Wildman–Crippen LogP) is 3.83. The van der Waals surface area contributed by atoms with Crippen LogP contribution in [0.4, 0.5) is 0 Å². The molecular weight excluding hydrogens is 340 g/mol. The minimum Gasteiger partial charge on any atom is -0.497 e. The van der Waals surface area contributed by atoms with Crippen molar-refractivity contribution in [1.82, 2.24) is 9.88 Å². The summed E-state index contributed by atoms with van der Waals surface area (Å²) in [5.74, 6) is -0.249. The van der Waals surface area contributed by atoms with E-state index in [1.165, 1.54) is 0 Å². The van der Waals surface area contributed by atoms with E-state index in [-0.39, 0.29) is 5.69 Å². The number of carbonyl (C=O) groups is 1. The molecule has 5 nitrogen and oxygen atoms in total. The van der Waals surface area contributed by atoms with Crippen LogP contribution in [0.1, 0.15) is 21.6 Å². The highest BCUT2D eigenvalue weighted by Gasteiger charge is 2.20. The number of halogens is 1. The Hall–Kier alpha value is -2.50. The van der Waals surface area contributed by atoms with Crippen molar-refractivity contribution in [3.8, 4) is 5.75 Å². The van der Waals surface area contributed by atoms with Gasteiger partial charge < -0.3 is 19.7 Å². The summed E-state index contributed by atoms with van der Waals surface area (Å²) >= 11 is 6.00. The number of benzene rings is 2. The third kappa shape index (κ3) is 3.48. The molecule has 3 aromatic rings. The zero-order valence-electron chi connectivity index (χ0n) is 14.0. The summed E-state index contributed by atoms with van der Waals surface area (Å²) in [5.41, 5.74) is 2.92. The van der Waals surface area contributed by atoms with Crippen LogP contribution in [0.5, 0.6) is 5.75 Å². The van der Waals surface area contributed by atoms with E-state index in [0.29, 0.717) is 23.9 Å². The topological polar surface area (TPSA) is 63.5 Å². The molecule has 0 unspecified atom stereocenters. The van der Waals surface area contributed by atoms with E-state index in [9.17, 15) is 9.90 Å². The average molecular weight is 359 g/mol. The van der Waals surface area contributed by atoms with Gasteiger partial charge in [0.1, 0.15) is 11.4 Å². The molecule has 0 aliphatic rings. The van der Waals surface area contributed by atoms with E-state index in [0.717, 1.165) is 22.0 Å². The van der Waals surface area contributed by atoms with Crippen LogP contribution in [0.15, 0.2) is 42.5 Å². The molecule has 3 rings (SSSR count). The van der Waals surface area contributed by atoms with Crippen LogP contribution < -0.4 is 10.1 Å². The Bertz CT molecular complexity index is 934. The van der Waals surface area contributed by atoms with Crippen LogP contribution in [0.2, 0.25) is 5.02 Å². The van der Waals surface area contributed by atoms with Crippen molar-refractivity contribution in [3.63, 3.8) is 0 Å². The Morgan fingerprint density at radius 2 is 2.04 bits per heavy atom. The third-order valence-electron chi connectivity index (χ3n) is 4.24. The highest BCUT2D eigenvalue weighted by molar-refractivity contribution is 6.30. The number of hydrogen-bond donors (Lipinski definition) is 2. The fraction of sp³-hybridized carbons (Fsp3) is 0.211. The molecule has 1 aromatic heterocycles. The minimum absolute atomic E-state index is 0.279. The number of fused-ring (bicyclic) bond motifs is 1. The summed E-state index contributed by atoms with van der Waals surface area (Å²) in [5, 5.41) is 14.5. The minimum atomic E-state index is -0.947. The van der Waals surface area contributed by atoms with Crippen LogP contribution >= 0.6 is 11.6 Å². The maximum atomic E-state index is 11.7. The van der Waals surface area contributed by atoms with Crippen molar-refractivity contribution in [2.75, 3.05) is 7.11 Å². The van der Waals surface area contributed by atoms with E-state index in [1.807, 2.05) is 42.5 Å². The molecule has 0 radical (unpaired) electrons. The first-order chi connectivity index (χ1) is 12.0. The van der Waals surface area contributed by atoms with Gasteiger partial charge in [0.15, 0.2) is 0 Å². The molecule has 0 bridgehead atoms. The van der Waals surface area contributed by atoms with E-state index >= 15 is 0 Å². The zero-order valence-corrected chi connectivity index (χ0v) is 14.8. The lowest BCUT2D eigenvalue weighted by Gasteiger charge is -2.07. The van der Waals surface area contributed by atoms with Gasteiger partial charge in [0.25, 0.3) is 0 Å². The summed E-state index contributed by atoms with van der Waals surface area (Å²) in [6.07, 6.45) is 0. The molecule has 1 heterocycles. The van der Waals surface area contributed by atoms with Crippen molar-refractivity contribution in [1.29, 1.82) is 0 Å². The highest BCUT2D eigenvalue weighted by Crippen LogP contribution is 2.29. The predicted molar refractivity (Wildman–Crippen MR) is 98.4 cm³/mol. The van der Waals surface area contributed by atoms with Gasteiger partial charge in [-0.1, -0.05) is 23.7 Å². The van der Waals surface area contributed by atoms with Crippen molar-refractivity contribution < 1.29 is 14.6 Å². The molecule has 6 heteroatoms. The summed E-state index contributed by atoms with van der Waals surface area (Å²) in [6, 6.07) is 13.2. The van der Waals surface area contributed by atoms with E-state index in [2.05, 4.69) is 5.32 Å². The number of nitrogens with one attached hydrogen (secondary N) is 1. The molecule has 0 atom stereocenters. The fourth-order valence-electron chi connectivity index (χ4n) is 3.05. The summed E-state index contributed by atoms with van der Waals surface area (Å²) in [7, 11) is 3.35. The second-order valence-electron chi connectivity index (χ2n) is 5.81. The zero-order chi connectivity index (χ0) is 18.0. The van der Waals surface area contributed by atoms with Gasteiger partial charge in [0.2, 0.25) is 0 Å². The van der Waals surface area contributed by atoms with E-state index in [4.69, 9.17) is 16.3 Å². The molecule has 0 spiro atoms. The number of carboxylic acid groups (broad SMARTS) is 1. The first-order valence-electron chi connectivity index (χ1n) is 7.85. The molecule has 0 aliphatic carbocycles. The summed E-state index contributed by atoms with van der Waals surface area (Å²) < 4.78 is 6.94. The van der Waals surface area contributed by atoms with Gasteiger partial charge in [0, 0.05) is 42.2 Å². The normalized spacial score (nSPS) is 11.0. The molecule has 130 valence electrons. The second kappa shape index (κ2) is 7.17. The van der Waals surface area contributed by atoms with Crippen molar-refractivity contribution in [2.24, 2.45) is 7.05 Å². The molecule has 0 amide bonds. The number of aromatic nitrogens is 1. The molecule has 0 aliphatic heterocycles. The maximum Gasteiger partial charge on any atom is 0.352 e. The van der Waals surface area contributed by atoms with Crippen molar-refractivity contribution in [2.45, 2.75) is 13.1 Å². The lowest BCUT2D eigenvalue weighted by Crippen LogP contribution is -2.16. The first kappa shape index (κ1) is 17.3. The Morgan fingerprint density at radius 3 is 2.72 bits per heavy atom. The van der Waals surface area contributed by atoms with Gasteiger partial charge in [-0.05, 0) is 29.8 Å². The standard InChI is InChI=1S/C19H19ClN2O3/c1-22-17-9-14(25-2)6-7-15(17)16(18(22)19(23)24)11-21-10-12-4-3-5-13(20)8-12/h3-9,21H,10-11H2,1-2H3,(H,23,24). The maximum absolute atomic E-state index is 11.7. The molecular formula is C19H19ClN2O3. The number of aryl methyl sites for hydroxylation is 1. The lowest BCUT2D eigenvalue weighted by molar-refractivity contribution is 0.0685. The van der Waals surface area contributed by atoms with Gasteiger partial charge in [-0.15, -0.1) is 0 Å². The van der Waals surface area contributed by atoms with Gasteiger partial charge in [-0.25, -0.2) is 4.79 Å². The number of nitrogens with zero attached hydrogens (tertiary/aromatic N) is 1. The Morgan fingerprint density at radius 1 is 1.24 bits per heavy atom. The quantitative estimate of drug-likeness (QED) is 0.703. The second-order valence-corrected chi connectivity index (χ2v) is 6.24. The molecule has 25 heavy (non-hydrogen) atoms. The summed E-state index contributed by atoms with van der Waals surface area (Å²) in [4.78, 5) is 11.7. The van der Waals surface area contributed by atoms with Crippen LogP contribution in [0, 0.1) is 0 Å². The molecule has 0 saturated heterocycles. The SMILES string of the molecule is COc1ccc2c(CNCc3cccc(Cl)c3)c(C(=O)O)n(C)c2c1. The largest absolute Gasteiger partial charge is 0.497 e. The molecule has 2 aromatic carbocycles. The molecule has 0 fully saturated rings. The third-order valence-corrected chi connectivity index (χ3v) is 4.47. The van der Waals surface area contributed by atoms with Gasteiger partial charge in [-0.2, -0.15) is 0 Å². The number of methoxy groups -OCH3 is 1. The lowest BCUT2D eigenvalue weighted by atomic mass is 10.1. The van der Waals surface area contributed by atoms with Gasteiger partial charge >= 0.3 is 5.97 Å². The van der Waals surface area contributed by atoms with Crippen molar-refractivity contribution >= 4 is 28.5 Å². The first-order valence-corrected chi connectivity index (χ1v) is 8.23. The van der Waals surface area contributed by atoms with E-state index in [1.54, 1.807) is 18.7 Å². The average Bonchev–Trinajstić information content (AvgIpc) is 2.87. The Labute approximate surface area is 150 Å². The van der Waals surface area contributed by atoms with Crippen LogP contribution in [-0.4, -0.2) is 22.8 Å². The van der Waals surface area contributed by atoms with Gasteiger partial charge in [-0.3, -0.25) is 0 Å². The molecule has 2 N–H and O–H groups in total. The smallest absolute Gasteiger partial charge is 0.352 e. The molecule has 0 saturated carbocycles. The van der Waals surface area contributed by atoms with Crippen LogP contribution in [0.3, 0.4) is 0 Å². The number of hydrogen-bond acceptors (Lipinski definition) is 3. The van der Waals surface area contributed by atoms with Crippen LogP contribution in [0.25, 0.3) is 10.9 Å². The van der Waals surface area contributed by atoms with Crippen LogP contribution in [-0.2, 0) is 20.1 Å². The fourth-order valence-corrected chi connectivity index (χ4v) is 3.26. The highest BCUT2D eigenvalue weighted by atomic mass is 35.5. The Kier molecular flexibility index (Phi) is 4.97. The number of rotatable bonds is 6. The number of aromatic carboxylic acids is 1. The number of ether oxygens (including phenoxy) is 1. The van der Waals surface area contributed by atoms with Gasteiger partial charge in [0.05, 0.1) is 12.6 Å². The van der Waals surface area contributed by atoms with Crippen molar-refractivity contribution in [3.05, 3.63) is 64.3 Å².